The zero-order valence-electron chi connectivity index (χ0n) is 7.71. The van der Waals surface area contributed by atoms with Crippen molar-refractivity contribution in [1.82, 2.24) is 9.66 Å². The minimum atomic E-state index is -0.256. The molecule has 1 rings (SSSR count). The summed E-state index contributed by atoms with van der Waals surface area (Å²) in [6.07, 6.45) is 2.92. The summed E-state index contributed by atoms with van der Waals surface area (Å²) < 4.78 is 1.32. The minimum Gasteiger partial charge on any atom is -0.394 e. The molecule has 78 valence electrons. The topological polar surface area (TPSA) is 90.6 Å². The molecule has 7 heteroatoms. The number of aliphatic hydroxyl groups is 1. The van der Waals surface area contributed by atoms with Gasteiger partial charge in [-0.15, -0.1) is 0 Å². The normalized spacial score (nSPS) is 9.93. The van der Waals surface area contributed by atoms with Gasteiger partial charge >= 0.3 is 0 Å². The number of nitrogens with one attached hydrogen (secondary N) is 1. The van der Waals surface area contributed by atoms with Crippen molar-refractivity contribution in [3.05, 3.63) is 12.4 Å². The van der Waals surface area contributed by atoms with Crippen molar-refractivity contribution in [3.8, 4) is 0 Å². The van der Waals surface area contributed by atoms with Crippen LogP contribution in [0.3, 0.4) is 0 Å². The number of hydrogen-bond acceptors (Lipinski definition) is 5. The molecule has 0 bridgehead atoms. The largest absolute Gasteiger partial charge is 0.394 e. The lowest BCUT2D eigenvalue weighted by atomic mass is 10.6. The van der Waals surface area contributed by atoms with Crippen LogP contribution in [0.2, 0.25) is 0 Å². The molecule has 1 aromatic heterocycles. The first-order chi connectivity index (χ1) is 6.70. The lowest BCUT2D eigenvalue weighted by Gasteiger charge is -2.21. The molecule has 7 nitrogen and oxygen atoms in total. The molecule has 14 heavy (non-hydrogen) atoms. The summed E-state index contributed by atoms with van der Waals surface area (Å²) >= 11 is 0. The van der Waals surface area contributed by atoms with Crippen molar-refractivity contribution in [3.63, 3.8) is 0 Å². The molecule has 3 N–H and O–H groups in total. The van der Waals surface area contributed by atoms with E-state index in [4.69, 9.17) is 10.3 Å². The zero-order valence-corrected chi connectivity index (χ0v) is 7.71. The van der Waals surface area contributed by atoms with Crippen LogP contribution in [0.1, 0.15) is 6.92 Å². The van der Waals surface area contributed by atoms with Crippen molar-refractivity contribution in [2.45, 2.75) is 6.92 Å². The number of aromatic nitrogens is 2. The monoisotopic (exact) mass is 200 g/mol. The number of carbonyl (C=O) groups is 1. The molecule has 0 radical (unpaired) electrons. The Morgan fingerprint density at radius 3 is 3.00 bits per heavy atom. The highest BCUT2D eigenvalue weighted by Gasteiger charge is 2.13. The maximum Gasteiger partial charge on any atom is 0.246 e. The molecular weight excluding hydrogens is 188 g/mol. The van der Waals surface area contributed by atoms with Gasteiger partial charge in [-0.1, -0.05) is 0 Å². The average Bonchev–Trinajstić information content (AvgIpc) is 2.61. The molecule has 1 heterocycles. The highest BCUT2D eigenvalue weighted by atomic mass is 16.5. The van der Waals surface area contributed by atoms with Gasteiger partial charge in [-0.2, -0.15) is 0 Å². The first-order valence-electron chi connectivity index (χ1n) is 4.03. The molecule has 0 aliphatic heterocycles. The van der Waals surface area contributed by atoms with Crippen LogP contribution in [0, 0.1) is 0 Å². The lowest BCUT2D eigenvalue weighted by Crippen LogP contribution is -2.41. The minimum absolute atomic E-state index is 0.119. The molecule has 0 saturated heterocycles. The quantitative estimate of drug-likeness (QED) is 0.551. The van der Waals surface area contributed by atoms with Gasteiger partial charge in [-0.3, -0.25) is 10.0 Å². The van der Waals surface area contributed by atoms with Crippen LogP contribution in [-0.2, 0) is 4.79 Å². The molecule has 0 aromatic carbocycles. The highest BCUT2D eigenvalue weighted by Crippen LogP contribution is 2.04. The van der Waals surface area contributed by atoms with Gasteiger partial charge in [-0.25, -0.2) is 20.1 Å². The van der Waals surface area contributed by atoms with E-state index >= 15 is 0 Å². The van der Waals surface area contributed by atoms with Crippen LogP contribution in [-0.4, -0.2) is 39.0 Å². The molecular formula is C7H12N4O3. The predicted octanol–water partition coefficient (Wildman–Crippen LogP) is -0.839. The number of amides is 1. The number of carbonyl (C=O) groups excluding carboxylic acids is 1. The molecule has 1 amide bonds. The Kier molecular flexibility index (Phi) is 3.43. The molecule has 0 unspecified atom stereocenters. The fourth-order valence-corrected chi connectivity index (χ4v) is 1.08. The van der Waals surface area contributed by atoms with E-state index in [1.54, 1.807) is 0 Å². The van der Waals surface area contributed by atoms with Crippen molar-refractivity contribution >= 4 is 11.9 Å². The second kappa shape index (κ2) is 4.58. The highest BCUT2D eigenvalue weighted by molar-refractivity contribution is 5.83. The third kappa shape index (κ3) is 2.01. The maximum absolute atomic E-state index is 11.2. The lowest BCUT2D eigenvalue weighted by molar-refractivity contribution is -0.118. The molecule has 0 atom stereocenters. The van der Waals surface area contributed by atoms with Crippen LogP contribution < -0.4 is 10.5 Å². The van der Waals surface area contributed by atoms with Gasteiger partial charge < -0.3 is 5.11 Å². The summed E-state index contributed by atoms with van der Waals surface area (Å²) in [7, 11) is 0. The summed E-state index contributed by atoms with van der Waals surface area (Å²) in [5.74, 6) is -0.137. The van der Waals surface area contributed by atoms with E-state index in [1.165, 1.54) is 29.0 Å². The molecule has 1 aromatic rings. The second-order valence-corrected chi connectivity index (χ2v) is 2.57. The molecule has 0 fully saturated rings. The van der Waals surface area contributed by atoms with Gasteiger partial charge in [0.05, 0.1) is 13.2 Å². The Hall–Kier alpha value is -1.60. The Labute approximate surface area is 80.5 Å². The fourth-order valence-electron chi connectivity index (χ4n) is 1.08. The molecule has 0 aliphatic rings. The van der Waals surface area contributed by atoms with Crippen LogP contribution in [0.5, 0.6) is 0 Å². The van der Waals surface area contributed by atoms with Crippen molar-refractivity contribution < 1.29 is 15.1 Å². The van der Waals surface area contributed by atoms with Gasteiger partial charge in [0.2, 0.25) is 11.9 Å². The van der Waals surface area contributed by atoms with E-state index in [1.807, 2.05) is 5.48 Å². The number of rotatable bonds is 4. The SMILES string of the molecule is CC(=O)N(CCO)n1ccnc1NO. The Morgan fingerprint density at radius 2 is 2.50 bits per heavy atom. The van der Waals surface area contributed by atoms with Crippen LogP contribution in [0.4, 0.5) is 5.95 Å². The summed E-state index contributed by atoms with van der Waals surface area (Å²) in [5.41, 5.74) is 1.85. The first kappa shape index (κ1) is 10.5. The zero-order chi connectivity index (χ0) is 10.6. The van der Waals surface area contributed by atoms with E-state index in [0.717, 1.165) is 0 Å². The van der Waals surface area contributed by atoms with Crippen LogP contribution in [0.15, 0.2) is 12.4 Å². The van der Waals surface area contributed by atoms with Gasteiger partial charge in [0.25, 0.3) is 0 Å². The fraction of sp³-hybridized carbons (Fsp3) is 0.429. The smallest absolute Gasteiger partial charge is 0.246 e. The molecule has 0 aliphatic carbocycles. The van der Waals surface area contributed by atoms with Gasteiger partial charge in [-0.05, 0) is 0 Å². The Balaban J connectivity index is 2.92. The number of aliphatic hydroxyl groups excluding tert-OH is 1. The molecule has 0 saturated carbocycles. The maximum atomic E-state index is 11.2. The third-order valence-electron chi connectivity index (χ3n) is 1.66. The number of imidazole rings is 1. The number of anilines is 1. The third-order valence-corrected chi connectivity index (χ3v) is 1.66. The standard InChI is InChI=1S/C7H12N4O3/c1-6(13)10(4-5-12)11-3-2-8-7(11)9-14/h2-3,12,14H,4-5H2,1H3,(H,8,9). The summed E-state index contributed by atoms with van der Waals surface area (Å²) in [4.78, 5) is 14.9. The first-order valence-corrected chi connectivity index (χ1v) is 4.03. The Bertz CT molecular complexity index is 312. The van der Waals surface area contributed by atoms with Crippen LogP contribution >= 0.6 is 0 Å². The van der Waals surface area contributed by atoms with E-state index in [9.17, 15) is 4.79 Å². The van der Waals surface area contributed by atoms with Crippen molar-refractivity contribution in [1.29, 1.82) is 0 Å². The van der Waals surface area contributed by atoms with E-state index in [0.29, 0.717) is 0 Å². The van der Waals surface area contributed by atoms with E-state index < -0.39 is 0 Å². The number of nitrogens with zero attached hydrogens (tertiary/aromatic N) is 3. The second-order valence-electron chi connectivity index (χ2n) is 2.57. The van der Waals surface area contributed by atoms with Gasteiger partial charge in [0.15, 0.2) is 0 Å². The summed E-state index contributed by atoms with van der Waals surface area (Å²) in [5, 5.41) is 18.7. The number of hydrogen-bond donors (Lipinski definition) is 3. The van der Waals surface area contributed by atoms with Crippen molar-refractivity contribution in [2.75, 3.05) is 23.6 Å². The van der Waals surface area contributed by atoms with Gasteiger partial charge in [0.1, 0.15) is 0 Å². The average molecular weight is 200 g/mol. The summed E-state index contributed by atoms with van der Waals surface area (Å²) in [6, 6.07) is 0. The molecule has 0 spiro atoms. The predicted molar refractivity (Wildman–Crippen MR) is 48.5 cm³/mol. The van der Waals surface area contributed by atoms with Crippen molar-refractivity contribution in [2.24, 2.45) is 0 Å². The van der Waals surface area contributed by atoms with Crippen LogP contribution in [0.25, 0.3) is 0 Å². The van der Waals surface area contributed by atoms with E-state index in [2.05, 4.69) is 4.98 Å². The Morgan fingerprint density at radius 1 is 1.79 bits per heavy atom. The summed E-state index contributed by atoms with van der Waals surface area (Å²) in [6.45, 7) is 1.33. The van der Waals surface area contributed by atoms with Gasteiger partial charge in [0, 0.05) is 19.3 Å². The van der Waals surface area contributed by atoms with E-state index in [-0.39, 0.29) is 25.0 Å².